The molecule has 0 spiro atoms. The number of likely N-dealkylation sites (tertiary alicyclic amines) is 1. The molecule has 7 nitrogen and oxygen atoms in total. The monoisotopic (exact) mass is 386 g/mol. The second-order valence-corrected chi connectivity index (χ2v) is 8.12. The number of amides is 4. The van der Waals surface area contributed by atoms with E-state index in [0.29, 0.717) is 25.6 Å². The van der Waals surface area contributed by atoms with Gasteiger partial charge in [-0.3, -0.25) is 9.59 Å². The first-order valence-electron chi connectivity index (χ1n) is 10.0. The number of hydrogen-bond acceptors (Lipinski definition) is 3. The lowest BCUT2D eigenvalue weighted by molar-refractivity contribution is -0.139. The number of carbonyl (C=O) groups is 3. The Bertz CT molecular complexity index is 722. The van der Waals surface area contributed by atoms with E-state index >= 15 is 0 Å². The lowest BCUT2D eigenvalue weighted by Crippen LogP contribution is -2.50. The highest BCUT2D eigenvalue weighted by atomic mass is 16.2. The molecule has 4 amide bonds. The number of urea groups is 1. The van der Waals surface area contributed by atoms with Crippen molar-refractivity contribution in [2.45, 2.75) is 32.9 Å². The van der Waals surface area contributed by atoms with E-state index < -0.39 is 0 Å². The molecule has 2 saturated heterocycles. The van der Waals surface area contributed by atoms with Crippen molar-refractivity contribution >= 4 is 17.8 Å². The second kappa shape index (κ2) is 8.63. The number of rotatable bonds is 4. The van der Waals surface area contributed by atoms with Gasteiger partial charge in [0.25, 0.3) is 0 Å². The largest absolute Gasteiger partial charge is 0.338 e. The SMILES string of the molecule is CC(C)CNC(=O)N1CCC[C@H](C(=O)N2CC(=O)N(C)[C@H]2c2ccccc2)C1. The van der Waals surface area contributed by atoms with Crippen molar-refractivity contribution in [1.29, 1.82) is 0 Å². The molecule has 2 atom stereocenters. The highest BCUT2D eigenvalue weighted by Crippen LogP contribution is 2.32. The van der Waals surface area contributed by atoms with Gasteiger partial charge in [-0.05, 0) is 24.3 Å². The summed E-state index contributed by atoms with van der Waals surface area (Å²) in [6.07, 6.45) is 1.15. The summed E-state index contributed by atoms with van der Waals surface area (Å²) in [7, 11) is 1.74. The topological polar surface area (TPSA) is 73.0 Å². The van der Waals surface area contributed by atoms with Crippen LogP contribution in [0.25, 0.3) is 0 Å². The summed E-state index contributed by atoms with van der Waals surface area (Å²) in [5, 5.41) is 2.93. The molecule has 28 heavy (non-hydrogen) atoms. The van der Waals surface area contributed by atoms with Gasteiger partial charge in [-0.2, -0.15) is 0 Å². The number of nitrogens with zero attached hydrogens (tertiary/aromatic N) is 3. The van der Waals surface area contributed by atoms with E-state index in [4.69, 9.17) is 0 Å². The van der Waals surface area contributed by atoms with Crippen LogP contribution in [0.3, 0.4) is 0 Å². The third kappa shape index (κ3) is 4.29. The Morgan fingerprint density at radius 1 is 1.21 bits per heavy atom. The summed E-state index contributed by atoms with van der Waals surface area (Å²) in [5.74, 6) is -0.00882. The molecule has 2 aliphatic heterocycles. The van der Waals surface area contributed by atoms with Crippen LogP contribution in [-0.2, 0) is 9.59 Å². The highest BCUT2D eigenvalue weighted by Gasteiger charge is 2.42. The zero-order chi connectivity index (χ0) is 20.3. The molecule has 0 saturated carbocycles. The van der Waals surface area contributed by atoms with Gasteiger partial charge < -0.3 is 20.0 Å². The minimum Gasteiger partial charge on any atom is -0.338 e. The van der Waals surface area contributed by atoms with Gasteiger partial charge >= 0.3 is 6.03 Å². The summed E-state index contributed by atoms with van der Waals surface area (Å²) >= 11 is 0. The zero-order valence-electron chi connectivity index (χ0n) is 16.9. The molecule has 1 N–H and O–H groups in total. The normalized spacial score (nSPS) is 22.7. The van der Waals surface area contributed by atoms with Crippen molar-refractivity contribution < 1.29 is 14.4 Å². The minimum absolute atomic E-state index is 0.0482. The number of carbonyl (C=O) groups excluding carboxylic acids is 3. The fraction of sp³-hybridized carbons (Fsp3) is 0.571. The first kappa shape index (κ1) is 20.2. The Balaban J connectivity index is 1.71. The summed E-state index contributed by atoms with van der Waals surface area (Å²) in [6.45, 7) is 5.87. The fourth-order valence-corrected chi connectivity index (χ4v) is 3.92. The van der Waals surface area contributed by atoms with Crippen molar-refractivity contribution in [3.63, 3.8) is 0 Å². The van der Waals surface area contributed by atoms with Crippen LogP contribution in [0.5, 0.6) is 0 Å². The molecular formula is C21H30N4O3. The smallest absolute Gasteiger partial charge is 0.317 e. The molecule has 0 aromatic heterocycles. The molecule has 2 heterocycles. The van der Waals surface area contributed by atoms with E-state index in [2.05, 4.69) is 5.32 Å². The number of hydrogen-bond donors (Lipinski definition) is 1. The standard InChI is InChI=1S/C21H30N4O3/c1-15(2)12-22-21(28)24-11-7-10-17(13-24)20(27)25-14-18(26)23(3)19(25)16-8-5-4-6-9-16/h4-6,8-9,15,17,19H,7,10-14H2,1-3H3,(H,22,28)/t17-,19+/m0/s1. The Hall–Kier alpha value is -2.57. The number of nitrogens with one attached hydrogen (secondary N) is 1. The molecular weight excluding hydrogens is 356 g/mol. The highest BCUT2D eigenvalue weighted by molar-refractivity contribution is 5.90. The molecule has 152 valence electrons. The first-order valence-corrected chi connectivity index (χ1v) is 10.0. The zero-order valence-corrected chi connectivity index (χ0v) is 16.9. The third-order valence-corrected chi connectivity index (χ3v) is 5.46. The predicted octanol–water partition coefficient (Wildman–Crippen LogP) is 2.06. The lowest BCUT2D eigenvalue weighted by Gasteiger charge is -2.36. The van der Waals surface area contributed by atoms with Crippen LogP contribution < -0.4 is 5.32 Å². The summed E-state index contributed by atoms with van der Waals surface area (Å²) < 4.78 is 0. The van der Waals surface area contributed by atoms with E-state index in [-0.39, 0.29) is 36.5 Å². The van der Waals surface area contributed by atoms with Crippen LogP contribution >= 0.6 is 0 Å². The lowest BCUT2D eigenvalue weighted by atomic mass is 9.96. The molecule has 2 aliphatic rings. The molecule has 0 bridgehead atoms. The predicted molar refractivity (Wildman–Crippen MR) is 106 cm³/mol. The minimum atomic E-state index is -0.383. The molecule has 1 aromatic carbocycles. The Labute approximate surface area is 166 Å². The van der Waals surface area contributed by atoms with E-state index in [1.165, 1.54) is 0 Å². The molecule has 7 heteroatoms. The number of benzene rings is 1. The maximum absolute atomic E-state index is 13.3. The van der Waals surface area contributed by atoms with Crippen LogP contribution in [0.1, 0.15) is 38.4 Å². The van der Waals surface area contributed by atoms with Crippen LogP contribution in [0, 0.1) is 11.8 Å². The van der Waals surface area contributed by atoms with Crippen molar-refractivity contribution in [2.24, 2.45) is 11.8 Å². The first-order chi connectivity index (χ1) is 13.4. The van der Waals surface area contributed by atoms with E-state index in [1.54, 1.807) is 21.7 Å². The van der Waals surface area contributed by atoms with E-state index in [1.807, 2.05) is 44.2 Å². The Morgan fingerprint density at radius 3 is 2.61 bits per heavy atom. The number of likely N-dealkylation sites (N-methyl/N-ethyl adjacent to an activating group) is 1. The summed E-state index contributed by atoms with van der Waals surface area (Å²) in [5.41, 5.74) is 0.923. The van der Waals surface area contributed by atoms with Gasteiger partial charge in [0.05, 0.1) is 5.92 Å². The average Bonchev–Trinajstić information content (AvgIpc) is 3.00. The van der Waals surface area contributed by atoms with E-state index in [9.17, 15) is 14.4 Å². The quantitative estimate of drug-likeness (QED) is 0.861. The van der Waals surface area contributed by atoms with Gasteiger partial charge in [0, 0.05) is 26.7 Å². The van der Waals surface area contributed by atoms with Crippen molar-refractivity contribution in [3.05, 3.63) is 35.9 Å². The summed E-state index contributed by atoms with van der Waals surface area (Å²) in [6, 6.07) is 9.51. The van der Waals surface area contributed by atoms with Crippen LogP contribution in [-0.4, -0.2) is 65.8 Å². The van der Waals surface area contributed by atoms with Gasteiger partial charge in [0.15, 0.2) is 0 Å². The third-order valence-electron chi connectivity index (χ3n) is 5.46. The maximum atomic E-state index is 13.3. The Kier molecular flexibility index (Phi) is 6.21. The average molecular weight is 386 g/mol. The fourth-order valence-electron chi connectivity index (χ4n) is 3.92. The van der Waals surface area contributed by atoms with Crippen molar-refractivity contribution in [2.75, 3.05) is 33.2 Å². The second-order valence-electron chi connectivity index (χ2n) is 8.12. The van der Waals surface area contributed by atoms with Gasteiger partial charge in [0.2, 0.25) is 11.8 Å². The van der Waals surface area contributed by atoms with Crippen molar-refractivity contribution in [3.8, 4) is 0 Å². The molecule has 0 unspecified atom stereocenters. The van der Waals surface area contributed by atoms with Crippen molar-refractivity contribution in [1.82, 2.24) is 20.0 Å². The van der Waals surface area contributed by atoms with Crippen LogP contribution in [0.4, 0.5) is 4.79 Å². The Morgan fingerprint density at radius 2 is 1.93 bits per heavy atom. The molecule has 1 aromatic rings. The molecule has 0 aliphatic carbocycles. The number of piperidine rings is 1. The van der Waals surface area contributed by atoms with E-state index in [0.717, 1.165) is 18.4 Å². The van der Waals surface area contributed by atoms with Gasteiger partial charge in [0.1, 0.15) is 12.7 Å². The molecule has 0 radical (unpaired) electrons. The van der Waals surface area contributed by atoms with Gasteiger partial charge in [-0.25, -0.2) is 4.79 Å². The summed E-state index contributed by atoms with van der Waals surface area (Å²) in [4.78, 5) is 43.1. The molecule has 2 fully saturated rings. The van der Waals surface area contributed by atoms with Crippen LogP contribution in [0.2, 0.25) is 0 Å². The van der Waals surface area contributed by atoms with Crippen LogP contribution in [0.15, 0.2) is 30.3 Å². The van der Waals surface area contributed by atoms with Gasteiger partial charge in [-0.15, -0.1) is 0 Å². The van der Waals surface area contributed by atoms with Gasteiger partial charge in [-0.1, -0.05) is 44.2 Å². The molecule has 3 rings (SSSR count). The maximum Gasteiger partial charge on any atom is 0.317 e.